The first-order valence-corrected chi connectivity index (χ1v) is 5.80. The van der Waals surface area contributed by atoms with Crippen LogP contribution in [0.3, 0.4) is 0 Å². The summed E-state index contributed by atoms with van der Waals surface area (Å²) in [6.07, 6.45) is 0. The Hall–Kier alpha value is -1.67. The molecular formula is C9H13ClN6OS. The first-order valence-electron chi connectivity index (χ1n) is 5.01. The summed E-state index contributed by atoms with van der Waals surface area (Å²) in [6.45, 7) is 3.81. The molecular weight excluding hydrogens is 276 g/mol. The maximum absolute atomic E-state index is 11.6. The third-order valence-corrected chi connectivity index (χ3v) is 2.12. The van der Waals surface area contributed by atoms with Gasteiger partial charge in [-0.3, -0.25) is 10.1 Å². The van der Waals surface area contributed by atoms with Crippen LogP contribution < -0.4 is 22.1 Å². The molecule has 1 aromatic rings. The molecule has 0 aliphatic rings. The Kier molecular flexibility index (Phi) is 4.62. The number of carbonyl (C=O) groups excluding carboxylic acids is 1. The number of anilines is 2. The molecule has 7 nitrogen and oxygen atoms in total. The standard InChI is InChI=1S/C9H13ClN6OS/c1-3(2)13-7-5(10)14-4(6(11)15-7)8(17)16-9(12)18/h3H,1-2H3,(H3,11,13,15)(H3,12,16,17,18). The first-order chi connectivity index (χ1) is 8.31. The number of halogens is 1. The van der Waals surface area contributed by atoms with Gasteiger partial charge in [-0.1, -0.05) is 11.6 Å². The van der Waals surface area contributed by atoms with Crippen LogP contribution in [0.4, 0.5) is 11.6 Å². The van der Waals surface area contributed by atoms with Gasteiger partial charge in [-0.05, 0) is 26.1 Å². The molecule has 1 heterocycles. The molecule has 0 spiro atoms. The van der Waals surface area contributed by atoms with Crippen LogP contribution in [0.1, 0.15) is 24.3 Å². The van der Waals surface area contributed by atoms with Crippen molar-refractivity contribution in [2.45, 2.75) is 19.9 Å². The van der Waals surface area contributed by atoms with Crippen molar-refractivity contribution in [2.75, 3.05) is 11.1 Å². The van der Waals surface area contributed by atoms with E-state index in [1.54, 1.807) is 0 Å². The number of nitrogens with one attached hydrogen (secondary N) is 2. The molecule has 0 fully saturated rings. The smallest absolute Gasteiger partial charge is 0.279 e. The SMILES string of the molecule is CC(C)Nc1nc(N)c(C(=O)NC(N)=S)nc1Cl. The van der Waals surface area contributed by atoms with Crippen molar-refractivity contribution < 1.29 is 4.79 Å². The predicted molar refractivity (Wildman–Crippen MR) is 74.5 cm³/mol. The van der Waals surface area contributed by atoms with E-state index < -0.39 is 5.91 Å². The number of carbonyl (C=O) groups is 1. The highest BCUT2D eigenvalue weighted by molar-refractivity contribution is 7.80. The highest BCUT2D eigenvalue weighted by Gasteiger charge is 2.17. The third-order valence-electron chi connectivity index (χ3n) is 1.76. The molecule has 0 unspecified atom stereocenters. The lowest BCUT2D eigenvalue weighted by molar-refractivity contribution is 0.0973. The van der Waals surface area contributed by atoms with Gasteiger partial charge in [0.2, 0.25) is 0 Å². The quantitative estimate of drug-likeness (QED) is 0.598. The fraction of sp³-hybridized carbons (Fsp3) is 0.333. The highest BCUT2D eigenvalue weighted by atomic mass is 35.5. The first kappa shape index (κ1) is 14.4. The number of thiocarbonyl (C=S) groups is 1. The van der Waals surface area contributed by atoms with E-state index in [0.717, 1.165) is 0 Å². The van der Waals surface area contributed by atoms with Gasteiger partial charge < -0.3 is 16.8 Å². The Morgan fingerprint density at radius 3 is 2.56 bits per heavy atom. The minimum Gasteiger partial charge on any atom is -0.382 e. The second-order valence-corrected chi connectivity index (χ2v) is 4.51. The molecule has 18 heavy (non-hydrogen) atoms. The average molecular weight is 289 g/mol. The van der Waals surface area contributed by atoms with E-state index in [1.165, 1.54) is 0 Å². The molecule has 98 valence electrons. The topological polar surface area (TPSA) is 119 Å². The summed E-state index contributed by atoms with van der Waals surface area (Å²) in [5, 5.41) is 5.02. The van der Waals surface area contributed by atoms with Gasteiger partial charge in [0.25, 0.3) is 5.91 Å². The van der Waals surface area contributed by atoms with E-state index in [-0.39, 0.29) is 27.8 Å². The van der Waals surface area contributed by atoms with Crippen molar-refractivity contribution in [1.82, 2.24) is 15.3 Å². The molecule has 1 rings (SSSR count). The zero-order chi connectivity index (χ0) is 13.9. The normalized spacial score (nSPS) is 10.2. The Bertz CT molecular complexity index is 492. The van der Waals surface area contributed by atoms with Gasteiger partial charge >= 0.3 is 0 Å². The summed E-state index contributed by atoms with van der Waals surface area (Å²) in [6, 6.07) is 0.104. The van der Waals surface area contributed by atoms with Gasteiger partial charge in [0.1, 0.15) is 0 Å². The second-order valence-electron chi connectivity index (χ2n) is 3.71. The van der Waals surface area contributed by atoms with Crippen LogP contribution in [0.25, 0.3) is 0 Å². The highest BCUT2D eigenvalue weighted by Crippen LogP contribution is 2.21. The van der Waals surface area contributed by atoms with E-state index in [1.807, 2.05) is 13.8 Å². The minimum atomic E-state index is -0.648. The lowest BCUT2D eigenvalue weighted by Gasteiger charge is -2.12. The van der Waals surface area contributed by atoms with Crippen LogP contribution in [0.5, 0.6) is 0 Å². The molecule has 0 bridgehead atoms. The van der Waals surface area contributed by atoms with Crippen molar-refractivity contribution in [2.24, 2.45) is 5.73 Å². The van der Waals surface area contributed by atoms with Gasteiger partial charge in [-0.25, -0.2) is 9.97 Å². The van der Waals surface area contributed by atoms with Crippen LogP contribution in [0, 0.1) is 0 Å². The van der Waals surface area contributed by atoms with E-state index in [4.69, 9.17) is 23.1 Å². The van der Waals surface area contributed by atoms with E-state index in [2.05, 4.69) is 32.8 Å². The Morgan fingerprint density at radius 1 is 1.44 bits per heavy atom. The molecule has 0 aliphatic carbocycles. The number of amides is 1. The lowest BCUT2D eigenvalue weighted by atomic mass is 10.3. The summed E-state index contributed by atoms with van der Waals surface area (Å²) in [5.41, 5.74) is 10.7. The van der Waals surface area contributed by atoms with Gasteiger partial charge in [0.15, 0.2) is 27.6 Å². The van der Waals surface area contributed by atoms with E-state index in [0.29, 0.717) is 5.82 Å². The average Bonchev–Trinajstić information content (AvgIpc) is 2.21. The van der Waals surface area contributed by atoms with Crippen molar-refractivity contribution in [3.05, 3.63) is 10.8 Å². The molecule has 9 heteroatoms. The summed E-state index contributed by atoms with van der Waals surface area (Å²) in [7, 11) is 0. The number of hydrogen-bond acceptors (Lipinski definition) is 6. The summed E-state index contributed by atoms with van der Waals surface area (Å²) in [4.78, 5) is 19.5. The Balaban J connectivity index is 3.06. The monoisotopic (exact) mass is 288 g/mol. The van der Waals surface area contributed by atoms with Crippen LogP contribution in [-0.2, 0) is 0 Å². The number of aromatic nitrogens is 2. The summed E-state index contributed by atoms with van der Waals surface area (Å²) in [5.74, 6) is -0.391. The van der Waals surface area contributed by atoms with Gasteiger partial charge in [-0.2, -0.15) is 0 Å². The number of nitrogens with zero attached hydrogens (tertiary/aromatic N) is 2. The van der Waals surface area contributed by atoms with Crippen LogP contribution in [0.15, 0.2) is 0 Å². The zero-order valence-electron chi connectivity index (χ0n) is 9.82. The summed E-state index contributed by atoms with van der Waals surface area (Å²) >= 11 is 10.4. The molecule has 0 atom stereocenters. The number of nitrogens with two attached hydrogens (primary N) is 2. The Morgan fingerprint density at radius 2 is 2.06 bits per heavy atom. The number of hydrogen-bond donors (Lipinski definition) is 4. The molecule has 1 amide bonds. The van der Waals surface area contributed by atoms with Crippen molar-refractivity contribution in [1.29, 1.82) is 0 Å². The predicted octanol–water partition coefficient (Wildman–Crippen LogP) is 0.506. The van der Waals surface area contributed by atoms with Gasteiger partial charge in [-0.15, -0.1) is 0 Å². The zero-order valence-corrected chi connectivity index (χ0v) is 11.4. The van der Waals surface area contributed by atoms with E-state index >= 15 is 0 Å². The third kappa shape index (κ3) is 3.67. The minimum absolute atomic E-state index is 0.0472. The van der Waals surface area contributed by atoms with Gasteiger partial charge in [0.05, 0.1) is 0 Å². The fourth-order valence-corrected chi connectivity index (χ4v) is 1.41. The maximum Gasteiger partial charge on any atom is 0.279 e. The van der Waals surface area contributed by atoms with Crippen molar-refractivity contribution >= 4 is 46.5 Å². The van der Waals surface area contributed by atoms with Crippen LogP contribution >= 0.6 is 23.8 Å². The maximum atomic E-state index is 11.6. The van der Waals surface area contributed by atoms with Gasteiger partial charge in [0, 0.05) is 6.04 Å². The largest absolute Gasteiger partial charge is 0.382 e. The van der Waals surface area contributed by atoms with Crippen LogP contribution in [-0.4, -0.2) is 27.0 Å². The molecule has 6 N–H and O–H groups in total. The molecule has 1 aromatic heterocycles. The van der Waals surface area contributed by atoms with Crippen molar-refractivity contribution in [3.63, 3.8) is 0 Å². The lowest BCUT2D eigenvalue weighted by Crippen LogP contribution is -2.35. The molecule has 0 radical (unpaired) electrons. The summed E-state index contributed by atoms with van der Waals surface area (Å²) < 4.78 is 0. The molecule has 0 aromatic carbocycles. The molecule has 0 saturated heterocycles. The Labute approximate surface area is 114 Å². The van der Waals surface area contributed by atoms with E-state index in [9.17, 15) is 4.79 Å². The second kappa shape index (κ2) is 5.78. The van der Waals surface area contributed by atoms with Crippen LogP contribution in [0.2, 0.25) is 5.15 Å². The number of nitrogen functional groups attached to an aromatic ring is 1. The fourth-order valence-electron chi connectivity index (χ4n) is 1.13. The molecule has 0 aliphatic heterocycles. The number of rotatable bonds is 3. The van der Waals surface area contributed by atoms with Crippen molar-refractivity contribution in [3.8, 4) is 0 Å². The molecule has 0 saturated carbocycles.